The van der Waals surface area contributed by atoms with Crippen molar-refractivity contribution in [3.05, 3.63) is 66.2 Å². The number of aromatic nitrogens is 1. The van der Waals surface area contributed by atoms with Crippen LogP contribution < -0.4 is 0 Å². The van der Waals surface area contributed by atoms with Crippen LogP contribution >= 0.6 is 0 Å². The Bertz CT molecular complexity index is 1020. The van der Waals surface area contributed by atoms with Gasteiger partial charge in [0.2, 0.25) is 5.89 Å². The van der Waals surface area contributed by atoms with Crippen LogP contribution in [0.5, 0.6) is 0 Å². The van der Waals surface area contributed by atoms with Gasteiger partial charge in [0.1, 0.15) is 5.52 Å². The van der Waals surface area contributed by atoms with Gasteiger partial charge in [0.15, 0.2) is 5.58 Å². The summed E-state index contributed by atoms with van der Waals surface area (Å²) in [4.78, 5) is 15.9. The van der Waals surface area contributed by atoms with Gasteiger partial charge in [-0.3, -0.25) is 0 Å². The second-order valence-corrected chi connectivity index (χ2v) is 5.00. The van der Waals surface area contributed by atoms with Gasteiger partial charge in [-0.25, -0.2) is 9.78 Å². The summed E-state index contributed by atoms with van der Waals surface area (Å²) in [5.41, 5.74) is 2.05. The lowest BCUT2D eigenvalue weighted by atomic mass is 10.1. The van der Waals surface area contributed by atoms with Crippen LogP contribution in [-0.2, 0) is 0 Å². The zero-order chi connectivity index (χ0) is 15.1. The van der Waals surface area contributed by atoms with Gasteiger partial charge in [-0.1, -0.05) is 42.5 Å². The number of carboxylic acids is 1. The fourth-order valence-electron chi connectivity index (χ4n) is 2.63. The van der Waals surface area contributed by atoms with E-state index in [0.29, 0.717) is 17.0 Å². The third kappa shape index (κ3) is 1.85. The molecule has 0 radical (unpaired) electrons. The van der Waals surface area contributed by atoms with Gasteiger partial charge in [-0.2, -0.15) is 0 Å². The molecular weight excluding hydrogens is 278 g/mol. The number of carboxylic acid groups (broad SMARTS) is 1. The van der Waals surface area contributed by atoms with Crippen molar-refractivity contribution in [1.29, 1.82) is 0 Å². The summed E-state index contributed by atoms with van der Waals surface area (Å²) < 4.78 is 5.78. The number of hydrogen-bond acceptors (Lipinski definition) is 3. The Balaban J connectivity index is 2.01. The van der Waals surface area contributed by atoms with Gasteiger partial charge in [0.05, 0.1) is 11.1 Å². The highest BCUT2D eigenvalue weighted by Crippen LogP contribution is 2.31. The smallest absolute Gasteiger partial charge is 0.336 e. The lowest BCUT2D eigenvalue weighted by Gasteiger charge is -2.00. The lowest BCUT2D eigenvalue weighted by molar-refractivity contribution is 0.0697. The van der Waals surface area contributed by atoms with E-state index in [-0.39, 0.29) is 5.56 Å². The lowest BCUT2D eigenvalue weighted by Crippen LogP contribution is -1.98. The van der Waals surface area contributed by atoms with Crippen LogP contribution in [0.2, 0.25) is 0 Å². The molecule has 22 heavy (non-hydrogen) atoms. The average molecular weight is 289 g/mol. The van der Waals surface area contributed by atoms with Crippen LogP contribution in [0.25, 0.3) is 33.3 Å². The maximum absolute atomic E-state index is 11.4. The highest BCUT2D eigenvalue weighted by molar-refractivity contribution is 6.04. The summed E-state index contributed by atoms with van der Waals surface area (Å²) in [6, 6.07) is 18.4. The van der Waals surface area contributed by atoms with Crippen LogP contribution in [0.4, 0.5) is 0 Å². The minimum absolute atomic E-state index is 0.179. The van der Waals surface area contributed by atoms with E-state index in [1.54, 1.807) is 24.3 Å². The zero-order valence-corrected chi connectivity index (χ0v) is 11.5. The van der Waals surface area contributed by atoms with E-state index in [2.05, 4.69) is 4.98 Å². The Hall–Kier alpha value is -3.14. The van der Waals surface area contributed by atoms with E-state index in [0.717, 1.165) is 16.3 Å². The molecule has 0 spiro atoms. The maximum Gasteiger partial charge on any atom is 0.336 e. The van der Waals surface area contributed by atoms with E-state index in [9.17, 15) is 9.90 Å². The van der Waals surface area contributed by atoms with Crippen molar-refractivity contribution in [3.8, 4) is 11.5 Å². The Kier molecular flexibility index (Phi) is 2.69. The number of aromatic carboxylic acids is 1. The number of rotatable bonds is 2. The molecule has 4 rings (SSSR count). The quantitative estimate of drug-likeness (QED) is 0.596. The third-order valence-electron chi connectivity index (χ3n) is 3.67. The molecule has 106 valence electrons. The highest BCUT2D eigenvalue weighted by Gasteiger charge is 2.16. The largest absolute Gasteiger partial charge is 0.478 e. The molecular formula is C18H11NO3. The van der Waals surface area contributed by atoms with Crippen LogP contribution in [0, 0.1) is 0 Å². The highest BCUT2D eigenvalue weighted by atomic mass is 16.4. The van der Waals surface area contributed by atoms with Crippen molar-refractivity contribution in [1.82, 2.24) is 4.98 Å². The minimum Gasteiger partial charge on any atom is -0.478 e. The molecule has 0 saturated heterocycles. The van der Waals surface area contributed by atoms with Crippen molar-refractivity contribution < 1.29 is 14.3 Å². The molecule has 0 bridgehead atoms. The number of oxazole rings is 1. The molecule has 0 fully saturated rings. The first-order valence-electron chi connectivity index (χ1n) is 6.85. The second kappa shape index (κ2) is 4.70. The first-order chi connectivity index (χ1) is 10.7. The van der Waals surface area contributed by atoms with Crippen LogP contribution in [0.1, 0.15) is 10.4 Å². The number of benzene rings is 3. The SMILES string of the molecule is O=C(O)c1ccccc1-c1nc2c(ccc3ccccc32)o1. The fraction of sp³-hybridized carbons (Fsp3) is 0. The van der Waals surface area contributed by atoms with E-state index in [4.69, 9.17) is 4.42 Å². The summed E-state index contributed by atoms with van der Waals surface area (Å²) in [5, 5.41) is 11.4. The molecule has 3 aromatic carbocycles. The van der Waals surface area contributed by atoms with Crippen LogP contribution in [0.15, 0.2) is 65.1 Å². The first-order valence-corrected chi connectivity index (χ1v) is 6.85. The molecule has 1 heterocycles. The van der Waals surface area contributed by atoms with Crippen molar-refractivity contribution >= 4 is 27.8 Å². The topological polar surface area (TPSA) is 63.3 Å². The Labute approximate surface area is 125 Å². The molecule has 0 amide bonds. The number of fused-ring (bicyclic) bond motifs is 3. The molecule has 0 unspecified atom stereocenters. The van der Waals surface area contributed by atoms with Gasteiger partial charge in [0.25, 0.3) is 0 Å². The molecule has 0 aliphatic heterocycles. The molecule has 0 aliphatic carbocycles. The maximum atomic E-state index is 11.4. The molecule has 0 atom stereocenters. The number of carbonyl (C=O) groups is 1. The summed E-state index contributed by atoms with van der Waals surface area (Å²) >= 11 is 0. The van der Waals surface area contributed by atoms with E-state index in [1.165, 1.54) is 0 Å². The Morgan fingerprint density at radius 3 is 2.59 bits per heavy atom. The summed E-state index contributed by atoms with van der Waals surface area (Å²) in [5.74, 6) is -0.674. The predicted molar refractivity (Wildman–Crippen MR) is 83.9 cm³/mol. The van der Waals surface area contributed by atoms with E-state index >= 15 is 0 Å². The van der Waals surface area contributed by atoms with Crippen molar-refractivity contribution in [3.63, 3.8) is 0 Å². The summed E-state index contributed by atoms with van der Waals surface area (Å²) in [7, 11) is 0. The number of nitrogens with zero attached hydrogens (tertiary/aromatic N) is 1. The standard InChI is InChI=1S/C18H11NO3/c20-18(21)14-8-4-3-7-13(14)17-19-16-12-6-2-1-5-11(12)9-10-15(16)22-17/h1-10H,(H,20,21). The Morgan fingerprint density at radius 2 is 1.73 bits per heavy atom. The molecule has 1 N–H and O–H groups in total. The average Bonchev–Trinajstić information content (AvgIpc) is 2.99. The van der Waals surface area contributed by atoms with Gasteiger partial charge in [-0.05, 0) is 23.6 Å². The number of hydrogen-bond donors (Lipinski definition) is 1. The van der Waals surface area contributed by atoms with Gasteiger partial charge in [0, 0.05) is 5.39 Å². The first kappa shape index (κ1) is 12.6. The zero-order valence-electron chi connectivity index (χ0n) is 11.5. The van der Waals surface area contributed by atoms with E-state index < -0.39 is 5.97 Å². The van der Waals surface area contributed by atoms with Gasteiger partial charge >= 0.3 is 5.97 Å². The van der Waals surface area contributed by atoms with Crippen molar-refractivity contribution in [2.24, 2.45) is 0 Å². The second-order valence-electron chi connectivity index (χ2n) is 5.00. The monoisotopic (exact) mass is 289 g/mol. The molecule has 1 aromatic heterocycles. The summed E-state index contributed by atoms with van der Waals surface area (Å²) in [6.45, 7) is 0. The summed E-state index contributed by atoms with van der Waals surface area (Å²) in [6.07, 6.45) is 0. The third-order valence-corrected chi connectivity index (χ3v) is 3.67. The molecule has 4 heteroatoms. The normalized spacial score (nSPS) is 11.1. The van der Waals surface area contributed by atoms with Crippen LogP contribution in [-0.4, -0.2) is 16.1 Å². The van der Waals surface area contributed by atoms with Crippen LogP contribution in [0.3, 0.4) is 0 Å². The Morgan fingerprint density at radius 1 is 0.955 bits per heavy atom. The minimum atomic E-state index is -0.997. The fourth-order valence-corrected chi connectivity index (χ4v) is 2.63. The molecule has 4 nitrogen and oxygen atoms in total. The predicted octanol–water partition coefficient (Wildman–Crippen LogP) is 4.35. The molecule has 0 saturated carbocycles. The molecule has 4 aromatic rings. The van der Waals surface area contributed by atoms with Crippen molar-refractivity contribution in [2.75, 3.05) is 0 Å². The van der Waals surface area contributed by atoms with Gasteiger partial charge < -0.3 is 9.52 Å². The molecule has 0 aliphatic rings. The van der Waals surface area contributed by atoms with Crippen molar-refractivity contribution in [2.45, 2.75) is 0 Å². The van der Waals surface area contributed by atoms with Gasteiger partial charge in [-0.15, -0.1) is 0 Å². The van der Waals surface area contributed by atoms with E-state index in [1.807, 2.05) is 36.4 Å².